The SMILES string of the molecule is CNC(=O)[C@H](Cc1ccccc1)N(Cc1cccc(Br)c1)C(=O)CN(c1cc(C)ccc1C)S(=O)(=O)c1ccc(C)cc1. The highest BCUT2D eigenvalue weighted by Gasteiger charge is 2.34. The van der Waals surface area contributed by atoms with Crippen molar-refractivity contribution in [2.45, 2.75) is 44.7 Å². The predicted octanol–water partition coefficient (Wildman–Crippen LogP) is 5.96. The molecule has 0 heterocycles. The minimum Gasteiger partial charge on any atom is -0.357 e. The van der Waals surface area contributed by atoms with Crippen LogP contribution < -0.4 is 9.62 Å². The molecule has 0 saturated heterocycles. The van der Waals surface area contributed by atoms with Gasteiger partial charge in [-0.25, -0.2) is 8.42 Å². The van der Waals surface area contributed by atoms with Crippen LogP contribution >= 0.6 is 15.9 Å². The number of carbonyl (C=O) groups is 2. The van der Waals surface area contributed by atoms with Crippen molar-refractivity contribution in [1.82, 2.24) is 10.2 Å². The van der Waals surface area contributed by atoms with Crippen LogP contribution in [0.2, 0.25) is 0 Å². The second kappa shape index (κ2) is 14.0. The smallest absolute Gasteiger partial charge is 0.264 e. The maximum Gasteiger partial charge on any atom is 0.264 e. The number of amides is 2. The topological polar surface area (TPSA) is 86.8 Å². The van der Waals surface area contributed by atoms with Gasteiger partial charge >= 0.3 is 0 Å². The lowest BCUT2D eigenvalue weighted by molar-refractivity contribution is -0.139. The third-order valence-corrected chi connectivity index (χ3v) is 9.55. The van der Waals surface area contributed by atoms with Gasteiger partial charge < -0.3 is 10.2 Å². The molecule has 0 fully saturated rings. The van der Waals surface area contributed by atoms with Gasteiger partial charge in [-0.3, -0.25) is 13.9 Å². The van der Waals surface area contributed by atoms with Gasteiger partial charge in [-0.05, 0) is 73.4 Å². The molecular weight excluding hydrogens is 626 g/mol. The van der Waals surface area contributed by atoms with E-state index >= 15 is 0 Å². The monoisotopic (exact) mass is 661 g/mol. The van der Waals surface area contributed by atoms with Crippen molar-refractivity contribution in [1.29, 1.82) is 0 Å². The first-order valence-corrected chi connectivity index (χ1v) is 16.2. The fourth-order valence-electron chi connectivity index (χ4n) is 4.89. The number of likely N-dealkylation sites (N-methyl/N-ethyl adjacent to an activating group) is 1. The van der Waals surface area contributed by atoms with Crippen molar-refractivity contribution >= 4 is 43.5 Å². The van der Waals surface area contributed by atoms with Gasteiger partial charge in [0.05, 0.1) is 10.6 Å². The highest BCUT2D eigenvalue weighted by Crippen LogP contribution is 2.29. The number of rotatable bonds is 11. The first-order valence-electron chi connectivity index (χ1n) is 14.0. The van der Waals surface area contributed by atoms with E-state index in [9.17, 15) is 18.0 Å². The Balaban J connectivity index is 1.82. The molecule has 0 aliphatic carbocycles. The molecule has 9 heteroatoms. The van der Waals surface area contributed by atoms with Crippen LogP contribution in [0.5, 0.6) is 0 Å². The summed E-state index contributed by atoms with van der Waals surface area (Å²) in [5.41, 5.74) is 4.57. The Kier molecular flexibility index (Phi) is 10.4. The fourth-order valence-corrected chi connectivity index (χ4v) is 6.81. The van der Waals surface area contributed by atoms with Crippen molar-refractivity contribution < 1.29 is 18.0 Å². The average Bonchev–Trinajstić information content (AvgIpc) is 2.99. The molecule has 1 N–H and O–H groups in total. The molecule has 1 atom stereocenters. The summed E-state index contributed by atoms with van der Waals surface area (Å²) in [7, 11) is -2.62. The van der Waals surface area contributed by atoms with Crippen molar-refractivity contribution in [2.75, 3.05) is 17.9 Å². The second-order valence-corrected chi connectivity index (χ2v) is 13.4. The molecule has 43 heavy (non-hydrogen) atoms. The number of carbonyl (C=O) groups excluding carboxylic acids is 2. The van der Waals surface area contributed by atoms with Gasteiger partial charge in [0.1, 0.15) is 12.6 Å². The Morgan fingerprint density at radius 3 is 2.12 bits per heavy atom. The van der Waals surface area contributed by atoms with Crippen LogP contribution in [0.25, 0.3) is 0 Å². The summed E-state index contributed by atoms with van der Waals surface area (Å²) in [6, 6.07) is 28.2. The first-order chi connectivity index (χ1) is 20.5. The molecule has 224 valence electrons. The molecule has 4 aromatic rings. The van der Waals surface area contributed by atoms with Crippen LogP contribution in [0.3, 0.4) is 0 Å². The van der Waals surface area contributed by atoms with Crippen molar-refractivity contribution in [2.24, 2.45) is 0 Å². The van der Waals surface area contributed by atoms with Gasteiger partial charge in [-0.15, -0.1) is 0 Å². The van der Waals surface area contributed by atoms with Crippen LogP contribution in [0, 0.1) is 20.8 Å². The van der Waals surface area contributed by atoms with Crippen LogP contribution in [-0.2, 0) is 32.6 Å². The number of hydrogen-bond donors (Lipinski definition) is 1. The quantitative estimate of drug-likeness (QED) is 0.215. The molecule has 0 spiro atoms. The zero-order valence-corrected chi connectivity index (χ0v) is 27.2. The van der Waals surface area contributed by atoms with Crippen LogP contribution in [0.15, 0.2) is 106 Å². The maximum absolute atomic E-state index is 14.4. The zero-order chi connectivity index (χ0) is 31.1. The lowest BCUT2D eigenvalue weighted by atomic mass is 10.0. The maximum atomic E-state index is 14.4. The van der Waals surface area contributed by atoms with Crippen molar-refractivity contribution in [3.05, 3.63) is 129 Å². The van der Waals surface area contributed by atoms with E-state index in [1.165, 1.54) is 16.3 Å². The Bertz CT molecular complexity index is 1690. The van der Waals surface area contributed by atoms with E-state index < -0.39 is 28.5 Å². The van der Waals surface area contributed by atoms with Crippen LogP contribution in [0.1, 0.15) is 27.8 Å². The Hall–Kier alpha value is -3.95. The molecule has 2 amide bonds. The van der Waals surface area contributed by atoms with Gasteiger partial charge in [-0.2, -0.15) is 0 Å². The molecule has 4 aromatic carbocycles. The van der Waals surface area contributed by atoms with E-state index in [0.717, 1.165) is 26.7 Å². The molecule has 0 bridgehead atoms. The largest absolute Gasteiger partial charge is 0.357 e. The first kappa shape index (κ1) is 32.0. The Morgan fingerprint density at radius 1 is 0.814 bits per heavy atom. The number of nitrogens with one attached hydrogen (secondary N) is 1. The lowest BCUT2D eigenvalue weighted by Crippen LogP contribution is -2.53. The van der Waals surface area contributed by atoms with Gasteiger partial charge in [0, 0.05) is 24.5 Å². The fraction of sp³-hybridized carbons (Fsp3) is 0.235. The van der Waals surface area contributed by atoms with Crippen molar-refractivity contribution in [3.63, 3.8) is 0 Å². The van der Waals surface area contributed by atoms with Gasteiger partial charge in [0.25, 0.3) is 10.0 Å². The summed E-state index contributed by atoms with van der Waals surface area (Å²) in [4.78, 5) is 29.4. The number of aryl methyl sites for hydroxylation is 3. The van der Waals surface area contributed by atoms with E-state index in [-0.39, 0.29) is 23.8 Å². The molecule has 0 saturated carbocycles. The van der Waals surface area contributed by atoms with E-state index in [1.54, 1.807) is 30.3 Å². The summed E-state index contributed by atoms with van der Waals surface area (Å²) in [6.45, 7) is 5.19. The summed E-state index contributed by atoms with van der Waals surface area (Å²) < 4.78 is 30.4. The van der Waals surface area contributed by atoms with Crippen LogP contribution in [-0.4, -0.2) is 44.8 Å². The highest BCUT2D eigenvalue weighted by atomic mass is 79.9. The number of nitrogens with zero attached hydrogens (tertiary/aromatic N) is 2. The van der Waals surface area contributed by atoms with E-state index in [1.807, 2.05) is 87.5 Å². The molecule has 4 rings (SSSR count). The van der Waals surface area contributed by atoms with E-state index in [2.05, 4.69) is 21.2 Å². The molecule has 0 aliphatic rings. The number of sulfonamides is 1. The third-order valence-electron chi connectivity index (χ3n) is 7.28. The average molecular weight is 663 g/mol. The summed E-state index contributed by atoms with van der Waals surface area (Å²) >= 11 is 3.49. The molecule has 0 aromatic heterocycles. The molecule has 7 nitrogen and oxygen atoms in total. The molecular formula is C34H36BrN3O4S. The van der Waals surface area contributed by atoms with E-state index in [4.69, 9.17) is 0 Å². The number of halogens is 1. The van der Waals surface area contributed by atoms with Gasteiger partial charge in [-0.1, -0.05) is 88.2 Å². The molecule has 0 aliphatic heterocycles. The highest BCUT2D eigenvalue weighted by molar-refractivity contribution is 9.10. The Morgan fingerprint density at radius 2 is 1.47 bits per heavy atom. The number of hydrogen-bond acceptors (Lipinski definition) is 4. The zero-order valence-electron chi connectivity index (χ0n) is 24.7. The summed E-state index contributed by atoms with van der Waals surface area (Å²) in [5, 5.41) is 2.71. The predicted molar refractivity (Wildman–Crippen MR) is 174 cm³/mol. The molecule has 0 unspecified atom stereocenters. The van der Waals surface area contributed by atoms with Gasteiger partial charge in [0.2, 0.25) is 11.8 Å². The minimum absolute atomic E-state index is 0.0810. The summed E-state index contributed by atoms with van der Waals surface area (Å²) in [6.07, 6.45) is 0.258. The van der Waals surface area contributed by atoms with Crippen molar-refractivity contribution in [3.8, 4) is 0 Å². The van der Waals surface area contributed by atoms with Gasteiger partial charge in [0.15, 0.2) is 0 Å². The normalized spacial score (nSPS) is 11.9. The third kappa shape index (κ3) is 7.91. The standard InChI is InChI=1S/C34H36BrN3O4S/c1-24-14-17-30(18-15-24)43(41,42)38(31-19-25(2)13-16-26(31)3)23-33(39)37(22-28-11-8-12-29(35)20-28)32(34(40)36-4)21-27-9-6-5-7-10-27/h5-20,32H,21-23H2,1-4H3,(H,36,40)/t32-/m0/s1. The molecule has 0 radical (unpaired) electrons. The number of anilines is 1. The van der Waals surface area contributed by atoms with E-state index in [0.29, 0.717) is 11.3 Å². The minimum atomic E-state index is -4.15. The summed E-state index contributed by atoms with van der Waals surface area (Å²) in [5.74, 6) is -0.840. The number of benzene rings is 4. The Labute approximate surface area is 262 Å². The van der Waals surface area contributed by atoms with Crippen LogP contribution in [0.4, 0.5) is 5.69 Å². The lowest BCUT2D eigenvalue weighted by Gasteiger charge is -2.34. The second-order valence-electron chi connectivity index (χ2n) is 10.6.